The number of thiophene rings is 1. The molecule has 0 bridgehead atoms. The maximum atomic E-state index is 12.7. The molecule has 3 rings (SSSR count). The van der Waals surface area contributed by atoms with Gasteiger partial charge in [-0.3, -0.25) is 4.79 Å². The predicted molar refractivity (Wildman–Crippen MR) is 84.8 cm³/mol. The quantitative estimate of drug-likeness (QED) is 0.752. The Morgan fingerprint density at radius 2 is 2.27 bits per heavy atom. The summed E-state index contributed by atoms with van der Waals surface area (Å²) in [6.45, 7) is 2.02. The van der Waals surface area contributed by atoms with Gasteiger partial charge in [-0.15, -0.1) is 11.3 Å². The number of hydrogen-bond acceptors (Lipinski definition) is 5. The van der Waals surface area contributed by atoms with Crippen molar-refractivity contribution in [3.63, 3.8) is 0 Å². The average molecular weight is 343 g/mol. The van der Waals surface area contributed by atoms with E-state index in [9.17, 15) is 13.2 Å². The summed E-state index contributed by atoms with van der Waals surface area (Å²) < 4.78 is 22.7. The smallest absolute Gasteiger partial charge is 0.247 e. The number of nitrogens with one attached hydrogen (secondary N) is 2. The Labute approximate surface area is 134 Å². The number of hydrogen-bond donors (Lipinski definition) is 3. The minimum atomic E-state index is -3.66. The molecule has 1 aliphatic carbocycles. The van der Waals surface area contributed by atoms with E-state index in [1.54, 1.807) is 6.07 Å². The van der Waals surface area contributed by atoms with Gasteiger partial charge in [0, 0.05) is 11.4 Å². The monoisotopic (exact) mass is 343 g/mol. The first-order chi connectivity index (χ1) is 10.4. The van der Waals surface area contributed by atoms with Gasteiger partial charge in [-0.05, 0) is 37.4 Å². The number of amides is 1. The Balaban J connectivity index is 1.66. The van der Waals surface area contributed by atoms with Crippen molar-refractivity contribution in [2.24, 2.45) is 16.5 Å². The van der Waals surface area contributed by atoms with E-state index in [-0.39, 0.29) is 15.5 Å². The Hall–Kier alpha value is -0.960. The third-order valence-electron chi connectivity index (χ3n) is 4.83. The summed E-state index contributed by atoms with van der Waals surface area (Å²) in [6, 6.07) is 3.19. The second kappa shape index (κ2) is 5.92. The number of carbonyl (C=O) groups is 1. The minimum absolute atomic E-state index is 0.0905. The normalized spacial score (nSPS) is 28.3. The van der Waals surface area contributed by atoms with E-state index in [1.807, 2.05) is 0 Å². The summed E-state index contributed by atoms with van der Waals surface area (Å²) in [6.07, 6.45) is 4.34. The third kappa shape index (κ3) is 2.92. The number of rotatable bonds is 4. The van der Waals surface area contributed by atoms with E-state index >= 15 is 0 Å². The summed E-state index contributed by atoms with van der Waals surface area (Å²) in [5, 5.41) is 11.4. The van der Waals surface area contributed by atoms with Crippen molar-refractivity contribution in [1.29, 1.82) is 0 Å². The van der Waals surface area contributed by atoms with Gasteiger partial charge in [0.15, 0.2) is 0 Å². The molecule has 8 heteroatoms. The second-order valence-electron chi connectivity index (χ2n) is 6.18. The van der Waals surface area contributed by atoms with Gasteiger partial charge in [-0.2, -0.15) is 0 Å². The summed E-state index contributed by atoms with van der Waals surface area (Å²) in [5.74, 6) is 0.511. The fourth-order valence-electron chi connectivity index (χ4n) is 3.64. The molecule has 0 unspecified atom stereocenters. The Morgan fingerprint density at radius 3 is 3.00 bits per heavy atom. The Morgan fingerprint density at radius 1 is 1.45 bits per heavy atom. The van der Waals surface area contributed by atoms with Crippen LogP contribution in [0.2, 0.25) is 0 Å². The highest BCUT2D eigenvalue weighted by molar-refractivity contribution is 7.91. The number of primary sulfonamides is 1. The van der Waals surface area contributed by atoms with Crippen molar-refractivity contribution in [3.8, 4) is 0 Å². The molecule has 1 aromatic rings. The van der Waals surface area contributed by atoms with Crippen LogP contribution in [-0.4, -0.2) is 27.4 Å². The molecule has 0 radical (unpaired) electrons. The van der Waals surface area contributed by atoms with E-state index < -0.39 is 10.0 Å². The largest absolute Gasteiger partial charge is 0.351 e. The average Bonchev–Trinajstić information content (AvgIpc) is 3.11. The minimum Gasteiger partial charge on any atom is -0.351 e. The summed E-state index contributed by atoms with van der Waals surface area (Å²) in [4.78, 5) is 13.5. The van der Waals surface area contributed by atoms with Crippen LogP contribution in [0, 0.1) is 11.3 Å². The van der Waals surface area contributed by atoms with Crippen LogP contribution < -0.4 is 15.8 Å². The zero-order valence-electron chi connectivity index (χ0n) is 12.3. The van der Waals surface area contributed by atoms with Crippen LogP contribution in [0.1, 0.15) is 30.6 Å². The van der Waals surface area contributed by atoms with Gasteiger partial charge in [0.05, 0.1) is 12.0 Å². The van der Waals surface area contributed by atoms with Crippen LogP contribution >= 0.6 is 11.3 Å². The topological polar surface area (TPSA) is 101 Å². The zero-order valence-corrected chi connectivity index (χ0v) is 13.9. The molecule has 2 atom stereocenters. The molecule has 2 fully saturated rings. The highest BCUT2D eigenvalue weighted by atomic mass is 32.2. The van der Waals surface area contributed by atoms with Gasteiger partial charge in [0.1, 0.15) is 4.21 Å². The van der Waals surface area contributed by atoms with E-state index in [4.69, 9.17) is 5.14 Å². The van der Waals surface area contributed by atoms with Crippen molar-refractivity contribution in [3.05, 3.63) is 17.0 Å². The van der Waals surface area contributed by atoms with Crippen molar-refractivity contribution in [2.45, 2.75) is 36.4 Å². The lowest BCUT2D eigenvalue weighted by Crippen LogP contribution is -2.47. The van der Waals surface area contributed by atoms with Crippen molar-refractivity contribution in [2.75, 3.05) is 13.1 Å². The van der Waals surface area contributed by atoms with E-state index in [1.165, 1.54) is 12.5 Å². The maximum Gasteiger partial charge on any atom is 0.247 e. The molecule has 22 heavy (non-hydrogen) atoms. The molecule has 0 spiro atoms. The van der Waals surface area contributed by atoms with Gasteiger partial charge in [0.2, 0.25) is 15.9 Å². The summed E-state index contributed by atoms with van der Waals surface area (Å²) in [5.41, 5.74) is -0.279. The van der Waals surface area contributed by atoms with Gasteiger partial charge in [-0.25, -0.2) is 13.6 Å². The summed E-state index contributed by atoms with van der Waals surface area (Å²) >= 11 is 1.11. The summed E-state index contributed by atoms with van der Waals surface area (Å²) in [7, 11) is -3.66. The molecule has 1 aromatic heterocycles. The molecule has 4 N–H and O–H groups in total. The first-order valence-corrected chi connectivity index (χ1v) is 9.89. The maximum absolute atomic E-state index is 12.7. The number of nitrogens with two attached hydrogens (primary N) is 1. The fourth-order valence-corrected chi connectivity index (χ4v) is 5.36. The lowest BCUT2D eigenvalue weighted by Gasteiger charge is -2.37. The van der Waals surface area contributed by atoms with E-state index in [0.717, 1.165) is 48.6 Å². The highest BCUT2D eigenvalue weighted by Gasteiger charge is 2.49. The lowest BCUT2D eigenvalue weighted by atomic mass is 9.67. The van der Waals surface area contributed by atoms with Crippen LogP contribution in [0.3, 0.4) is 0 Å². The predicted octanol–water partition coefficient (Wildman–Crippen LogP) is 0.791. The van der Waals surface area contributed by atoms with E-state index in [2.05, 4.69) is 10.6 Å². The molecule has 1 aliphatic heterocycles. The molecule has 0 aromatic carbocycles. The lowest BCUT2D eigenvalue weighted by molar-refractivity contribution is -0.134. The molecular formula is C14H21N3O3S2. The molecule has 1 amide bonds. The molecular weight excluding hydrogens is 322 g/mol. The Bertz CT molecular complexity index is 671. The molecule has 122 valence electrons. The first-order valence-electron chi connectivity index (χ1n) is 7.52. The van der Waals surface area contributed by atoms with Crippen molar-refractivity contribution >= 4 is 27.3 Å². The zero-order chi connectivity index (χ0) is 15.8. The Kier molecular flexibility index (Phi) is 4.28. The second-order valence-corrected chi connectivity index (χ2v) is 9.13. The van der Waals surface area contributed by atoms with Crippen LogP contribution in [0.15, 0.2) is 16.3 Å². The fraction of sp³-hybridized carbons (Fsp3) is 0.643. The van der Waals surface area contributed by atoms with Gasteiger partial charge < -0.3 is 10.6 Å². The number of sulfonamides is 1. The van der Waals surface area contributed by atoms with Crippen molar-refractivity contribution < 1.29 is 13.2 Å². The third-order valence-corrected chi connectivity index (χ3v) is 7.35. The number of fused-ring (bicyclic) bond motifs is 1. The van der Waals surface area contributed by atoms with E-state index in [0.29, 0.717) is 12.5 Å². The molecule has 2 heterocycles. The van der Waals surface area contributed by atoms with Crippen LogP contribution in [0.4, 0.5) is 0 Å². The highest BCUT2D eigenvalue weighted by Crippen LogP contribution is 2.43. The van der Waals surface area contributed by atoms with Gasteiger partial charge in [0.25, 0.3) is 0 Å². The molecule has 2 aliphatic rings. The molecule has 1 saturated heterocycles. The SMILES string of the molecule is NS(=O)(=O)c1ccc(CNC(=O)[C@@]23CCCC[C@H]2CNC3)s1. The van der Waals surface area contributed by atoms with Crippen LogP contribution in [0.25, 0.3) is 0 Å². The number of carbonyl (C=O) groups excluding carboxylic acids is 1. The van der Waals surface area contributed by atoms with Gasteiger partial charge >= 0.3 is 0 Å². The first kappa shape index (κ1) is 15.9. The molecule has 1 saturated carbocycles. The van der Waals surface area contributed by atoms with Gasteiger partial charge in [-0.1, -0.05) is 12.8 Å². The standard InChI is InChI=1S/C14H21N3O3S2/c15-22(19,20)12-5-4-11(21-12)8-17-13(18)14-6-2-1-3-10(14)7-16-9-14/h4-5,10,16H,1-3,6-9H2,(H,17,18)(H2,15,19,20)/t10-,14+/m0/s1. The molecule has 6 nitrogen and oxygen atoms in total. The van der Waals surface area contributed by atoms with Crippen LogP contribution in [-0.2, 0) is 21.4 Å². The van der Waals surface area contributed by atoms with Crippen LogP contribution in [0.5, 0.6) is 0 Å². The van der Waals surface area contributed by atoms with Crippen molar-refractivity contribution in [1.82, 2.24) is 10.6 Å².